The van der Waals surface area contributed by atoms with Crippen LogP contribution in [0.1, 0.15) is 27.4 Å². The van der Waals surface area contributed by atoms with Gasteiger partial charge in [0, 0.05) is 28.2 Å². The predicted molar refractivity (Wildman–Crippen MR) is 135 cm³/mol. The molecule has 2 unspecified atom stereocenters. The molecule has 1 aliphatic rings. The molecule has 2 atom stereocenters. The van der Waals surface area contributed by atoms with Crippen LogP contribution in [0.25, 0.3) is 0 Å². The molecule has 2 N–H and O–H groups in total. The highest BCUT2D eigenvalue weighted by molar-refractivity contribution is 6.53. The minimum absolute atomic E-state index is 0.0596. The molecular formula is C24H15Cl5F2N2O2. The number of anilines is 1. The van der Waals surface area contributed by atoms with Gasteiger partial charge in [-0.25, -0.2) is 8.78 Å². The van der Waals surface area contributed by atoms with Gasteiger partial charge in [0.05, 0.1) is 16.5 Å². The summed E-state index contributed by atoms with van der Waals surface area (Å²) in [6.07, 6.45) is 0. The van der Waals surface area contributed by atoms with Crippen molar-refractivity contribution >= 4 is 75.5 Å². The van der Waals surface area contributed by atoms with Gasteiger partial charge in [0.25, 0.3) is 5.91 Å². The van der Waals surface area contributed by atoms with E-state index in [1.165, 1.54) is 24.3 Å². The van der Waals surface area contributed by atoms with Crippen molar-refractivity contribution in [2.45, 2.75) is 16.8 Å². The van der Waals surface area contributed by atoms with Gasteiger partial charge in [0.15, 0.2) is 11.6 Å². The zero-order valence-corrected chi connectivity index (χ0v) is 21.3. The smallest absolute Gasteiger partial charge is 0.253 e. The van der Waals surface area contributed by atoms with Crippen LogP contribution in [-0.2, 0) is 11.3 Å². The molecule has 4 nitrogen and oxygen atoms in total. The van der Waals surface area contributed by atoms with E-state index >= 15 is 0 Å². The van der Waals surface area contributed by atoms with E-state index in [-0.39, 0.29) is 22.8 Å². The van der Waals surface area contributed by atoms with Crippen molar-refractivity contribution in [2.75, 3.05) is 5.32 Å². The Kier molecular flexibility index (Phi) is 7.51. The van der Waals surface area contributed by atoms with E-state index in [9.17, 15) is 18.4 Å². The van der Waals surface area contributed by atoms with E-state index in [1.54, 1.807) is 18.2 Å². The summed E-state index contributed by atoms with van der Waals surface area (Å²) >= 11 is 31.0. The molecule has 0 radical (unpaired) electrons. The van der Waals surface area contributed by atoms with E-state index in [0.29, 0.717) is 21.2 Å². The molecule has 35 heavy (non-hydrogen) atoms. The molecular weight excluding hydrogens is 564 g/mol. The Labute approximate surface area is 224 Å². The van der Waals surface area contributed by atoms with E-state index in [4.69, 9.17) is 58.0 Å². The quantitative estimate of drug-likeness (QED) is 0.300. The SMILES string of the molecule is O=C(NCc1ccc(F)c(F)c1)c1cc(NC(=O)C2C(c3cc(Cl)cc(Cl)c3)C2(Cl)Cl)ccc1Cl. The van der Waals surface area contributed by atoms with Crippen LogP contribution in [0.5, 0.6) is 0 Å². The van der Waals surface area contributed by atoms with Gasteiger partial charge in [-0.1, -0.05) is 40.9 Å². The highest BCUT2D eigenvalue weighted by Gasteiger charge is 2.67. The summed E-state index contributed by atoms with van der Waals surface area (Å²) in [5.74, 6) is -4.37. The molecule has 0 aromatic heterocycles. The topological polar surface area (TPSA) is 58.2 Å². The summed E-state index contributed by atoms with van der Waals surface area (Å²) in [5.41, 5.74) is 1.35. The second-order valence-electron chi connectivity index (χ2n) is 7.95. The van der Waals surface area contributed by atoms with Crippen molar-refractivity contribution in [3.05, 3.63) is 98.0 Å². The van der Waals surface area contributed by atoms with Gasteiger partial charge in [-0.05, 0) is 59.7 Å². The van der Waals surface area contributed by atoms with Gasteiger partial charge >= 0.3 is 0 Å². The lowest BCUT2D eigenvalue weighted by atomic mass is 10.1. The Bertz CT molecular complexity index is 1320. The summed E-state index contributed by atoms with van der Waals surface area (Å²) in [5, 5.41) is 6.18. The average molecular weight is 579 g/mol. The van der Waals surface area contributed by atoms with Crippen molar-refractivity contribution < 1.29 is 18.4 Å². The molecule has 0 bridgehead atoms. The number of alkyl halides is 2. The van der Waals surface area contributed by atoms with Crippen molar-refractivity contribution in [3.63, 3.8) is 0 Å². The number of nitrogens with one attached hydrogen (secondary N) is 2. The summed E-state index contributed by atoms with van der Waals surface area (Å²) in [7, 11) is 0. The molecule has 0 heterocycles. The molecule has 0 aliphatic heterocycles. The van der Waals surface area contributed by atoms with Crippen LogP contribution in [-0.4, -0.2) is 16.1 Å². The minimum Gasteiger partial charge on any atom is -0.348 e. The molecule has 2 amide bonds. The third kappa shape index (κ3) is 5.68. The maximum absolute atomic E-state index is 13.4. The van der Waals surface area contributed by atoms with Gasteiger partial charge in [0.2, 0.25) is 5.91 Å². The third-order valence-corrected chi connectivity index (χ3v) is 7.20. The fourth-order valence-corrected chi connectivity index (χ4v) is 5.32. The maximum Gasteiger partial charge on any atom is 0.253 e. The highest BCUT2D eigenvalue weighted by Crippen LogP contribution is 2.65. The third-order valence-electron chi connectivity index (χ3n) is 5.50. The number of rotatable bonds is 6. The molecule has 1 saturated carbocycles. The van der Waals surface area contributed by atoms with Crippen LogP contribution in [0.4, 0.5) is 14.5 Å². The molecule has 4 rings (SSSR count). The maximum atomic E-state index is 13.4. The lowest BCUT2D eigenvalue weighted by Gasteiger charge is -2.10. The fourth-order valence-electron chi connectivity index (χ4n) is 3.75. The minimum atomic E-state index is -1.37. The standard InChI is InChI=1S/C24H15Cl5F2N2O2/c25-13-6-12(7-14(26)8-13)20-21(24(20,28)29)23(35)33-15-2-3-17(27)16(9-15)22(34)32-10-11-1-4-18(30)19(31)5-11/h1-9,20-21H,10H2,(H,32,34)(H,33,35). The molecule has 1 aliphatic carbocycles. The van der Waals surface area contributed by atoms with Crippen LogP contribution in [0.15, 0.2) is 54.6 Å². The number of amides is 2. The Balaban J connectivity index is 1.46. The first-order valence-electron chi connectivity index (χ1n) is 10.1. The van der Waals surface area contributed by atoms with E-state index in [2.05, 4.69) is 10.6 Å². The lowest BCUT2D eigenvalue weighted by molar-refractivity contribution is -0.117. The largest absolute Gasteiger partial charge is 0.348 e. The van der Waals surface area contributed by atoms with Crippen molar-refractivity contribution in [2.24, 2.45) is 5.92 Å². The Morgan fingerprint density at radius 1 is 0.886 bits per heavy atom. The van der Waals surface area contributed by atoms with Gasteiger partial charge in [-0.2, -0.15) is 0 Å². The summed E-state index contributed by atoms with van der Waals surface area (Å²) in [6, 6.07) is 12.5. The molecule has 0 saturated heterocycles. The van der Waals surface area contributed by atoms with Crippen molar-refractivity contribution in [3.8, 4) is 0 Å². The molecule has 1 fully saturated rings. The number of carbonyl (C=O) groups excluding carboxylic acids is 2. The van der Waals surface area contributed by atoms with Crippen molar-refractivity contribution in [1.29, 1.82) is 0 Å². The van der Waals surface area contributed by atoms with Gasteiger partial charge in [0.1, 0.15) is 4.33 Å². The first kappa shape index (κ1) is 26.0. The number of hydrogen-bond donors (Lipinski definition) is 2. The first-order chi connectivity index (χ1) is 16.5. The molecule has 3 aromatic rings. The van der Waals surface area contributed by atoms with Crippen LogP contribution < -0.4 is 10.6 Å². The second kappa shape index (κ2) is 10.1. The zero-order valence-electron chi connectivity index (χ0n) is 17.5. The van der Waals surface area contributed by atoms with Gasteiger partial charge in [-0.3, -0.25) is 9.59 Å². The number of halogens is 7. The first-order valence-corrected chi connectivity index (χ1v) is 12.0. The number of hydrogen-bond acceptors (Lipinski definition) is 2. The van der Waals surface area contributed by atoms with E-state index < -0.39 is 39.6 Å². The van der Waals surface area contributed by atoms with E-state index in [1.807, 2.05) is 0 Å². The van der Waals surface area contributed by atoms with Crippen LogP contribution in [0.2, 0.25) is 15.1 Å². The molecule has 0 spiro atoms. The average Bonchev–Trinajstić information content (AvgIpc) is 3.37. The Morgan fingerprint density at radius 3 is 2.23 bits per heavy atom. The summed E-state index contributed by atoms with van der Waals surface area (Å²) < 4.78 is 25.1. The van der Waals surface area contributed by atoms with Crippen LogP contribution >= 0.6 is 58.0 Å². The molecule has 11 heteroatoms. The van der Waals surface area contributed by atoms with E-state index in [0.717, 1.165) is 12.1 Å². The molecule has 3 aromatic carbocycles. The molecule has 182 valence electrons. The van der Waals surface area contributed by atoms with Gasteiger partial charge in [-0.15, -0.1) is 23.2 Å². The Morgan fingerprint density at radius 2 is 1.57 bits per heavy atom. The predicted octanol–water partition coefficient (Wildman–Crippen LogP) is 7.38. The summed E-state index contributed by atoms with van der Waals surface area (Å²) in [6.45, 7) is -0.0596. The fraction of sp³-hybridized carbons (Fsp3) is 0.167. The van der Waals surface area contributed by atoms with Gasteiger partial charge < -0.3 is 10.6 Å². The Hall–Kier alpha value is -2.09. The number of carbonyl (C=O) groups is 2. The number of benzene rings is 3. The monoisotopic (exact) mass is 576 g/mol. The summed E-state index contributed by atoms with van der Waals surface area (Å²) in [4.78, 5) is 25.6. The van der Waals surface area contributed by atoms with Crippen molar-refractivity contribution in [1.82, 2.24) is 5.32 Å². The van der Waals surface area contributed by atoms with Crippen LogP contribution in [0, 0.1) is 17.6 Å². The zero-order chi connectivity index (χ0) is 25.5. The second-order valence-corrected chi connectivity index (χ2v) is 10.7. The van der Waals surface area contributed by atoms with Crippen LogP contribution in [0.3, 0.4) is 0 Å². The highest BCUT2D eigenvalue weighted by atomic mass is 35.5. The normalized spacial score (nSPS) is 18.1. The lowest BCUT2D eigenvalue weighted by Crippen LogP contribution is -2.24.